The monoisotopic (exact) mass is 369 g/mol. The third-order valence-electron chi connectivity index (χ3n) is 3.41. The molecule has 21 heavy (non-hydrogen) atoms. The van der Waals surface area contributed by atoms with E-state index < -0.39 is 9.05 Å². The quantitative estimate of drug-likeness (QED) is 0.741. The Morgan fingerprint density at radius 1 is 1.00 bits per heavy atom. The summed E-state index contributed by atoms with van der Waals surface area (Å²) in [4.78, 5) is 13.9. The summed E-state index contributed by atoms with van der Waals surface area (Å²) in [6.45, 7) is 1.28. The molecule has 1 saturated heterocycles. The number of hydrogen-bond acceptors (Lipinski definition) is 3. The molecule has 0 saturated carbocycles. The summed E-state index contributed by atoms with van der Waals surface area (Å²) in [6.07, 6.45) is 4.02. The van der Waals surface area contributed by atoms with Gasteiger partial charge in [-0.2, -0.15) is 0 Å². The van der Waals surface area contributed by atoms with E-state index in [2.05, 4.69) is 0 Å². The van der Waals surface area contributed by atoms with Gasteiger partial charge in [0.25, 0.3) is 15.0 Å². The van der Waals surface area contributed by atoms with Gasteiger partial charge in [-0.15, -0.1) is 0 Å². The van der Waals surface area contributed by atoms with Crippen molar-refractivity contribution in [2.75, 3.05) is 13.1 Å². The van der Waals surface area contributed by atoms with Crippen LogP contribution in [-0.2, 0) is 9.05 Å². The van der Waals surface area contributed by atoms with Crippen LogP contribution in [0.4, 0.5) is 0 Å². The first kappa shape index (κ1) is 16.9. The standard InChI is InChI=1S/C13H14Cl3NO3S/c14-10-8-11(15)12(21(16,19)20)7-9(10)13(18)17-5-3-1-2-4-6-17/h7-8H,1-6H2. The molecule has 116 valence electrons. The molecule has 0 atom stereocenters. The zero-order valence-corrected chi connectivity index (χ0v) is 14.2. The Hall–Kier alpha value is -0.490. The van der Waals surface area contributed by atoms with Gasteiger partial charge in [-0.05, 0) is 25.0 Å². The van der Waals surface area contributed by atoms with Gasteiger partial charge in [0.05, 0.1) is 15.6 Å². The molecule has 2 rings (SSSR count). The summed E-state index contributed by atoms with van der Waals surface area (Å²) in [5, 5.41) is 0.0285. The van der Waals surface area contributed by atoms with E-state index in [0.29, 0.717) is 13.1 Å². The van der Waals surface area contributed by atoms with Gasteiger partial charge in [0.15, 0.2) is 0 Å². The molecule has 1 amide bonds. The Balaban J connectivity index is 2.40. The second-order valence-corrected chi connectivity index (χ2v) is 8.26. The minimum Gasteiger partial charge on any atom is -0.339 e. The molecule has 0 N–H and O–H groups in total. The van der Waals surface area contributed by atoms with Gasteiger partial charge in [-0.3, -0.25) is 4.79 Å². The average Bonchev–Trinajstić information content (AvgIpc) is 2.65. The Labute approximate surface area is 138 Å². The summed E-state index contributed by atoms with van der Waals surface area (Å²) in [5.74, 6) is -0.292. The molecule has 1 fully saturated rings. The topological polar surface area (TPSA) is 54.5 Å². The molecule has 1 aliphatic heterocycles. The molecule has 0 spiro atoms. The minimum atomic E-state index is -4.03. The van der Waals surface area contributed by atoms with Crippen LogP contribution in [0.3, 0.4) is 0 Å². The lowest BCUT2D eigenvalue weighted by Crippen LogP contribution is -2.32. The first-order chi connectivity index (χ1) is 9.80. The highest BCUT2D eigenvalue weighted by Crippen LogP contribution is 2.31. The lowest BCUT2D eigenvalue weighted by atomic mass is 10.2. The summed E-state index contributed by atoms with van der Waals surface area (Å²) in [5.41, 5.74) is 0.113. The van der Waals surface area contributed by atoms with Gasteiger partial charge in [0.1, 0.15) is 4.90 Å². The average molecular weight is 371 g/mol. The van der Waals surface area contributed by atoms with Crippen LogP contribution in [0.5, 0.6) is 0 Å². The first-order valence-electron chi connectivity index (χ1n) is 6.53. The van der Waals surface area contributed by atoms with E-state index in [1.54, 1.807) is 4.90 Å². The zero-order chi connectivity index (χ0) is 15.6. The van der Waals surface area contributed by atoms with Crippen molar-refractivity contribution in [1.82, 2.24) is 4.90 Å². The van der Waals surface area contributed by atoms with Gasteiger partial charge in [-0.25, -0.2) is 8.42 Å². The third kappa shape index (κ3) is 4.03. The molecule has 8 heteroatoms. The number of rotatable bonds is 2. The van der Waals surface area contributed by atoms with Crippen LogP contribution in [0, 0.1) is 0 Å². The maximum Gasteiger partial charge on any atom is 0.262 e. The van der Waals surface area contributed by atoms with E-state index in [-0.39, 0.29) is 26.4 Å². The largest absolute Gasteiger partial charge is 0.339 e. The molecular weight excluding hydrogens is 357 g/mol. The van der Waals surface area contributed by atoms with Gasteiger partial charge in [-0.1, -0.05) is 36.0 Å². The fraction of sp³-hybridized carbons (Fsp3) is 0.462. The fourth-order valence-corrected chi connectivity index (χ4v) is 4.14. The number of nitrogens with zero attached hydrogens (tertiary/aromatic N) is 1. The number of benzene rings is 1. The van der Waals surface area contributed by atoms with E-state index >= 15 is 0 Å². The number of carbonyl (C=O) groups is 1. The van der Waals surface area contributed by atoms with Crippen molar-refractivity contribution in [3.8, 4) is 0 Å². The predicted molar refractivity (Wildman–Crippen MR) is 83.9 cm³/mol. The second-order valence-electron chi connectivity index (χ2n) is 4.91. The van der Waals surface area contributed by atoms with Gasteiger partial charge in [0, 0.05) is 23.8 Å². The van der Waals surface area contributed by atoms with E-state index in [4.69, 9.17) is 33.9 Å². The number of carbonyl (C=O) groups excluding carboxylic acids is 1. The Morgan fingerprint density at radius 3 is 2.10 bits per heavy atom. The van der Waals surface area contributed by atoms with Crippen molar-refractivity contribution in [3.63, 3.8) is 0 Å². The minimum absolute atomic E-state index is 0.0950. The summed E-state index contributed by atoms with van der Waals surface area (Å²) in [7, 11) is 1.29. The molecule has 0 unspecified atom stereocenters. The zero-order valence-electron chi connectivity index (χ0n) is 11.1. The maximum absolute atomic E-state index is 12.5. The molecule has 0 aliphatic carbocycles. The summed E-state index contributed by atoms with van der Waals surface area (Å²) in [6, 6.07) is 2.39. The van der Waals surface area contributed by atoms with Crippen LogP contribution in [0.25, 0.3) is 0 Å². The van der Waals surface area contributed by atoms with Gasteiger partial charge < -0.3 is 4.90 Å². The molecule has 1 aromatic rings. The third-order valence-corrected chi connectivity index (χ3v) is 5.51. The molecule has 1 aliphatic rings. The summed E-state index contributed by atoms with van der Waals surface area (Å²) >= 11 is 11.9. The summed E-state index contributed by atoms with van der Waals surface area (Å²) < 4.78 is 23.0. The molecule has 1 aromatic carbocycles. The van der Waals surface area contributed by atoms with E-state index in [1.165, 1.54) is 6.07 Å². The van der Waals surface area contributed by atoms with Crippen LogP contribution in [0.2, 0.25) is 10.0 Å². The fourth-order valence-electron chi connectivity index (χ4n) is 2.32. The number of amides is 1. The van der Waals surface area contributed by atoms with Crippen LogP contribution in [0.1, 0.15) is 36.0 Å². The predicted octanol–water partition coefficient (Wildman–Crippen LogP) is 3.94. The van der Waals surface area contributed by atoms with Crippen molar-refractivity contribution in [2.45, 2.75) is 30.6 Å². The van der Waals surface area contributed by atoms with Gasteiger partial charge in [0.2, 0.25) is 0 Å². The lowest BCUT2D eigenvalue weighted by Gasteiger charge is -2.21. The Kier molecular flexibility index (Phi) is 5.41. The highest BCUT2D eigenvalue weighted by atomic mass is 35.7. The number of likely N-dealkylation sites (tertiary alicyclic amines) is 1. The smallest absolute Gasteiger partial charge is 0.262 e. The number of hydrogen-bond donors (Lipinski definition) is 0. The van der Waals surface area contributed by atoms with E-state index in [9.17, 15) is 13.2 Å². The molecule has 4 nitrogen and oxygen atoms in total. The SMILES string of the molecule is O=C(c1cc(S(=O)(=O)Cl)c(Cl)cc1Cl)N1CCCCCC1. The lowest BCUT2D eigenvalue weighted by molar-refractivity contribution is 0.0761. The van der Waals surface area contributed by atoms with Crippen molar-refractivity contribution in [2.24, 2.45) is 0 Å². The second kappa shape index (κ2) is 6.73. The van der Waals surface area contributed by atoms with Crippen molar-refractivity contribution < 1.29 is 13.2 Å². The molecular formula is C13H14Cl3NO3S. The molecule has 0 radical (unpaired) electrons. The van der Waals surface area contributed by atoms with Crippen LogP contribution in [0.15, 0.2) is 17.0 Å². The van der Waals surface area contributed by atoms with E-state index in [1.807, 2.05) is 0 Å². The van der Waals surface area contributed by atoms with E-state index in [0.717, 1.165) is 31.7 Å². The number of halogens is 3. The maximum atomic E-state index is 12.5. The first-order valence-corrected chi connectivity index (χ1v) is 9.60. The van der Waals surface area contributed by atoms with Gasteiger partial charge >= 0.3 is 0 Å². The Morgan fingerprint density at radius 2 is 1.57 bits per heavy atom. The van der Waals surface area contributed by atoms with Crippen molar-refractivity contribution >= 4 is 48.8 Å². The molecule has 1 heterocycles. The highest BCUT2D eigenvalue weighted by molar-refractivity contribution is 8.13. The van der Waals surface area contributed by atoms with Crippen molar-refractivity contribution in [3.05, 3.63) is 27.7 Å². The Bertz CT molecular complexity index is 653. The highest BCUT2D eigenvalue weighted by Gasteiger charge is 2.24. The van der Waals surface area contributed by atoms with Crippen LogP contribution >= 0.6 is 33.9 Å². The molecule has 0 bridgehead atoms. The normalized spacial score (nSPS) is 16.6. The van der Waals surface area contributed by atoms with Crippen molar-refractivity contribution in [1.29, 1.82) is 0 Å². The van der Waals surface area contributed by atoms with Crippen LogP contribution in [-0.4, -0.2) is 32.3 Å². The molecule has 0 aromatic heterocycles. The van der Waals surface area contributed by atoms with Crippen LogP contribution < -0.4 is 0 Å².